The molecular formula is C20H19NO5S. The van der Waals surface area contributed by atoms with Gasteiger partial charge in [-0.3, -0.25) is 9.59 Å². The van der Waals surface area contributed by atoms with Crippen LogP contribution in [0, 0.1) is 0 Å². The number of benzene rings is 2. The molecule has 1 atom stereocenters. The van der Waals surface area contributed by atoms with Gasteiger partial charge in [-0.2, -0.15) is 0 Å². The molecule has 1 heterocycles. The van der Waals surface area contributed by atoms with Crippen LogP contribution in [0.25, 0.3) is 0 Å². The van der Waals surface area contributed by atoms with Crippen LogP contribution in [0.2, 0.25) is 0 Å². The molecule has 0 aliphatic carbocycles. The van der Waals surface area contributed by atoms with E-state index in [0.717, 1.165) is 4.90 Å². The van der Waals surface area contributed by atoms with E-state index < -0.39 is 5.97 Å². The smallest absolute Gasteiger partial charge is 0.338 e. The van der Waals surface area contributed by atoms with Crippen molar-refractivity contribution in [2.75, 3.05) is 12.4 Å². The summed E-state index contributed by atoms with van der Waals surface area (Å²) in [5.41, 5.74) is 2.07. The van der Waals surface area contributed by atoms with Crippen LogP contribution in [0.5, 0.6) is 5.75 Å². The van der Waals surface area contributed by atoms with Crippen molar-refractivity contribution < 1.29 is 23.9 Å². The quantitative estimate of drug-likeness (QED) is 0.624. The fourth-order valence-corrected chi connectivity index (χ4v) is 3.60. The molecule has 1 amide bonds. The number of carbonyl (C=O) groups is 3. The number of rotatable bonds is 5. The van der Waals surface area contributed by atoms with Crippen molar-refractivity contribution in [2.45, 2.75) is 30.6 Å². The van der Waals surface area contributed by atoms with Gasteiger partial charge in [0.1, 0.15) is 12.4 Å². The van der Waals surface area contributed by atoms with E-state index in [4.69, 9.17) is 9.47 Å². The molecule has 0 spiro atoms. The van der Waals surface area contributed by atoms with Crippen LogP contribution >= 0.6 is 11.8 Å². The van der Waals surface area contributed by atoms with Crippen LogP contribution in [-0.2, 0) is 16.1 Å². The number of fused-ring (bicyclic) bond motifs is 1. The van der Waals surface area contributed by atoms with Crippen molar-refractivity contribution in [3.8, 4) is 5.75 Å². The first-order valence-electron chi connectivity index (χ1n) is 8.35. The number of ether oxygens (including phenoxy) is 2. The van der Waals surface area contributed by atoms with E-state index in [-0.39, 0.29) is 23.5 Å². The molecule has 1 N–H and O–H groups in total. The van der Waals surface area contributed by atoms with Gasteiger partial charge >= 0.3 is 5.97 Å². The van der Waals surface area contributed by atoms with Gasteiger partial charge in [0.05, 0.1) is 23.6 Å². The second-order valence-electron chi connectivity index (χ2n) is 6.12. The molecule has 140 valence electrons. The lowest BCUT2D eigenvalue weighted by Gasteiger charge is -2.21. The molecule has 1 aliphatic rings. The molecule has 6 nitrogen and oxygen atoms in total. The number of methoxy groups -OCH3 is 1. The number of hydrogen-bond acceptors (Lipinski definition) is 6. The molecule has 0 saturated carbocycles. The Kier molecular flexibility index (Phi) is 5.51. The molecule has 0 radical (unpaired) electrons. The Bertz CT molecular complexity index is 925. The Morgan fingerprint density at radius 1 is 1.15 bits per heavy atom. The van der Waals surface area contributed by atoms with Crippen molar-refractivity contribution in [3.63, 3.8) is 0 Å². The largest absolute Gasteiger partial charge is 0.496 e. The Balaban J connectivity index is 1.75. The Morgan fingerprint density at radius 2 is 1.89 bits per heavy atom. The summed E-state index contributed by atoms with van der Waals surface area (Å²) >= 11 is 1.45. The van der Waals surface area contributed by atoms with E-state index in [0.29, 0.717) is 28.1 Å². The minimum absolute atomic E-state index is 0.0294. The van der Waals surface area contributed by atoms with Crippen LogP contribution in [0.3, 0.4) is 0 Å². The van der Waals surface area contributed by atoms with Crippen molar-refractivity contribution in [3.05, 3.63) is 53.1 Å². The summed E-state index contributed by atoms with van der Waals surface area (Å²) in [6, 6.07) is 10.1. The molecule has 3 rings (SSSR count). The number of ketones is 1. The number of Topliss-reactive ketones (excluding diaryl/α,β-unsaturated/α-hetero) is 1. The zero-order valence-electron chi connectivity index (χ0n) is 15.2. The van der Waals surface area contributed by atoms with E-state index >= 15 is 0 Å². The maximum atomic E-state index is 12.4. The monoisotopic (exact) mass is 385 g/mol. The van der Waals surface area contributed by atoms with Gasteiger partial charge in [0.2, 0.25) is 5.91 Å². The highest BCUT2D eigenvalue weighted by Gasteiger charge is 2.24. The van der Waals surface area contributed by atoms with Crippen molar-refractivity contribution in [1.82, 2.24) is 0 Å². The molecular weight excluding hydrogens is 366 g/mol. The van der Waals surface area contributed by atoms with Gasteiger partial charge in [0.25, 0.3) is 0 Å². The Labute approximate surface area is 161 Å². The fourth-order valence-electron chi connectivity index (χ4n) is 2.67. The van der Waals surface area contributed by atoms with Gasteiger partial charge in [-0.05, 0) is 50.2 Å². The van der Waals surface area contributed by atoms with E-state index in [2.05, 4.69) is 5.32 Å². The van der Waals surface area contributed by atoms with Gasteiger partial charge in [0.15, 0.2) is 5.78 Å². The third kappa shape index (κ3) is 4.14. The summed E-state index contributed by atoms with van der Waals surface area (Å²) in [7, 11) is 1.51. The lowest BCUT2D eigenvalue weighted by Crippen LogP contribution is -2.26. The van der Waals surface area contributed by atoms with Crippen molar-refractivity contribution in [1.29, 1.82) is 0 Å². The van der Waals surface area contributed by atoms with Crippen LogP contribution in [0.15, 0.2) is 41.3 Å². The minimum atomic E-state index is -0.522. The molecule has 2 aromatic rings. The number of amides is 1. The summed E-state index contributed by atoms with van der Waals surface area (Å²) in [5, 5.41) is 2.62. The highest BCUT2D eigenvalue weighted by Crippen LogP contribution is 2.36. The molecule has 0 aromatic heterocycles. The average molecular weight is 385 g/mol. The number of esters is 1. The van der Waals surface area contributed by atoms with Crippen molar-refractivity contribution in [2.24, 2.45) is 0 Å². The number of thioether (sulfide) groups is 1. The topological polar surface area (TPSA) is 81.7 Å². The van der Waals surface area contributed by atoms with Gasteiger partial charge in [-0.1, -0.05) is 0 Å². The first kappa shape index (κ1) is 19.0. The summed E-state index contributed by atoms with van der Waals surface area (Å²) in [5.74, 6) is -0.159. The molecule has 2 aromatic carbocycles. The SMILES string of the molecule is COc1ccc(C(C)=O)cc1COC(=O)c1ccc2c(c1)NC(=O)[C@@H](C)S2. The number of hydrogen-bond donors (Lipinski definition) is 1. The molecule has 0 fully saturated rings. The third-order valence-corrected chi connectivity index (χ3v) is 5.37. The van der Waals surface area contributed by atoms with Crippen LogP contribution in [-0.4, -0.2) is 30.0 Å². The summed E-state index contributed by atoms with van der Waals surface area (Å²) < 4.78 is 10.6. The summed E-state index contributed by atoms with van der Waals surface area (Å²) in [6.07, 6.45) is 0. The molecule has 0 bridgehead atoms. The van der Waals surface area contributed by atoms with Gasteiger partial charge in [-0.25, -0.2) is 4.79 Å². The van der Waals surface area contributed by atoms with Crippen LogP contribution in [0.1, 0.15) is 40.1 Å². The number of carbonyl (C=O) groups excluding carboxylic acids is 3. The van der Waals surface area contributed by atoms with Gasteiger partial charge < -0.3 is 14.8 Å². The minimum Gasteiger partial charge on any atom is -0.496 e. The van der Waals surface area contributed by atoms with E-state index in [1.54, 1.807) is 36.4 Å². The normalized spacial score (nSPS) is 15.5. The number of anilines is 1. The van der Waals surface area contributed by atoms with Crippen LogP contribution < -0.4 is 10.1 Å². The zero-order valence-corrected chi connectivity index (χ0v) is 16.0. The highest BCUT2D eigenvalue weighted by molar-refractivity contribution is 8.00. The molecule has 7 heteroatoms. The fraction of sp³-hybridized carbons (Fsp3) is 0.250. The summed E-state index contributed by atoms with van der Waals surface area (Å²) in [6.45, 7) is 3.27. The Hall–Kier alpha value is -2.80. The molecule has 27 heavy (non-hydrogen) atoms. The number of nitrogens with one attached hydrogen (secondary N) is 1. The standard InChI is InChI=1S/C20H19NO5S/c1-11(22)13-4-6-17(25-3)15(8-13)10-26-20(24)14-5-7-18-16(9-14)21-19(23)12(2)27-18/h4-9,12H,10H2,1-3H3,(H,21,23)/t12-/m1/s1. The molecule has 0 unspecified atom stereocenters. The van der Waals surface area contributed by atoms with E-state index in [1.165, 1.54) is 25.8 Å². The second-order valence-corrected chi connectivity index (χ2v) is 7.50. The molecule has 0 saturated heterocycles. The van der Waals surface area contributed by atoms with Crippen LogP contribution in [0.4, 0.5) is 5.69 Å². The predicted molar refractivity (Wildman–Crippen MR) is 103 cm³/mol. The lowest BCUT2D eigenvalue weighted by molar-refractivity contribution is -0.115. The third-order valence-electron chi connectivity index (χ3n) is 4.19. The maximum absolute atomic E-state index is 12.4. The first-order chi connectivity index (χ1) is 12.9. The van der Waals surface area contributed by atoms with Crippen molar-refractivity contribution >= 4 is 35.1 Å². The lowest BCUT2D eigenvalue weighted by atomic mass is 10.1. The van der Waals surface area contributed by atoms with Gasteiger partial charge in [0, 0.05) is 16.0 Å². The average Bonchev–Trinajstić information content (AvgIpc) is 2.66. The predicted octanol–water partition coefficient (Wildman–Crippen LogP) is 3.69. The zero-order chi connectivity index (χ0) is 19.6. The second kappa shape index (κ2) is 7.84. The summed E-state index contributed by atoms with van der Waals surface area (Å²) in [4.78, 5) is 36.7. The maximum Gasteiger partial charge on any atom is 0.338 e. The first-order valence-corrected chi connectivity index (χ1v) is 9.23. The molecule has 1 aliphatic heterocycles. The Morgan fingerprint density at radius 3 is 2.59 bits per heavy atom. The van der Waals surface area contributed by atoms with E-state index in [9.17, 15) is 14.4 Å². The van der Waals surface area contributed by atoms with E-state index in [1.807, 2.05) is 6.92 Å². The highest BCUT2D eigenvalue weighted by atomic mass is 32.2. The van der Waals surface area contributed by atoms with Gasteiger partial charge in [-0.15, -0.1) is 11.8 Å².